The molecule has 0 saturated heterocycles. The van der Waals surface area contributed by atoms with Crippen LogP contribution in [0, 0.1) is 13.8 Å². The van der Waals surface area contributed by atoms with Gasteiger partial charge >= 0.3 is 5.97 Å². The van der Waals surface area contributed by atoms with Crippen molar-refractivity contribution in [1.29, 1.82) is 0 Å². The first-order valence-electron chi connectivity index (χ1n) is 6.15. The van der Waals surface area contributed by atoms with Gasteiger partial charge in [0.15, 0.2) is 0 Å². The van der Waals surface area contributed by atoms with Crippen molar-refractivity contribution in [2.24, 2.45) is 0 Å². The van der Waals surface area contributed by atoms with E-state index in [4.69, 9.17) is 10.2 Å². The zero-order valence-electron chi connectivity index (χ0n) is 11.2. The maximum Gasteiger partial charge on any atom is 0.305 e. The first kappa shape index (κ1) is 15.2. The highest BCUT2D eigenvalue weighted by Gasteiger charge is 2.16. The van der Waals surface area contributed by atoms with Crippen molar-refractivity contribution in [1.82, 2.24) is 4.90 Å². The molecule has 19 heavy (non-hydrogen) atoms. The molecule has 0 heterocycles. The van der Waals surface area contributed by atoms with Crippen LogP contribution in [0.25, 0.3) is 0 Å². The summed E-state index contributed by atoms with van der Waals surface area (Å²) in [6.07, 6.45) is -0.128. The summed E-state index contributed by atoms with van der Waals surface area (Å²) in [6.45, 7) is 3.93. The van der Waals surface area contributed by atoms with E-state index >= 15 is 0 Å². The van der Waals surface area contributed by atoms with Crippen LogP contribution in [-0.2, 0) is 4.79 Å². The maximum absolute atomic E-state index is 12.2. The lowest BCUT2D eigenvalue weighted by molar-refractivity contribution is -0.137. The van der Waals surface area contributed by atoms with Crippen LogP contribution in [0.4, 0.5) is 0 Å². The Bertz CT molecular complexity index is 471. The Morgan fingerprint density at radius 1 is 1.16 bits per heavy atom. The Labute approximate surface area is 112 Å². The molecule has 1 aromatic rings. The maximum atomic E-state index is 12.2. The first-order chi connectivity index (χ1) is 8.95. The molecule has 5 nitrogen and oxygen atoms in total. The number of hydrogen-bond donors (Lipinski definition) is 2. The Balaban J connectivity index is 2.85. The quantitative estimate of drug-likeness (QED) is 0.810. The molecule has 5 heteroatoms. The lowest BCUT2D eigenvalue weighted by Crippen LogP contribution is -2.35. The molecule has 0 radical (unpaired) electrons. The molecule has 0 fully saturated rings. The lowest BCUT2D eigenvalue weighted by Gasteiger charge is -2.21. The van der Waals surface area contributed by atoms with E-state index in [9.17, 15) is 9.59 Å². The number of amides is 1. The van der Waals surface area contributed by atoms with Gasteiger partial charge in [0.25, 0.3) is 5.91 Å². The third-order valence-corrected chi connectivity index (χ3v) is 3.01. The van der Waals surface area contributed by atoms with Crippen LogP contribution in [0.1, 0.15) is 27.9 Å². The van der Waals surface area contributed by atoms with E-state index in [1.807, 2.05) is 19.9 Å². The number of rotatable bonds is 6. The molecular weight excluding hydrogens is 246 g/mol. The van der Waals surface area contributed by atoms with Crippen LogP contribution in [0.5, 0.6) is 0 Å². The van der Waals surface area contributed by atoms with Crippen LogP contribution in [0.3, 0.4) is 0 Å². The van der Waals surface area contributed by atoms with Gasteiger partial charge in [0.05, 0.1) is 13.0 Å². The van der Waals surface area contributed by atoms with Gasteiger partial charge in [0.1, 0.15) is 0 Å². The molecule has 0 unspecified atom stereocenters. The zero-order valence-corrected chi connectivity index (χ0v) is 11.2. The van der Waals surface area contributed by atoms with Crippen molar-refractivity contribution in [3.05, 3.63) is 34.9 Å². The molecule has 0 bridgehead atoms. The van der Waals surface area contributed by atoms with E-state index in [1.165, 1.54) is 4.90 Å². The van der Waals surface area contributed by atoms with Gasteiger partial charge in [-0.3, -0.25) is 9.59 Å². The van der Waals surface area contributed by atoms with Crippen molar-refractivity contribution >= 4 is 11.9 Å². The summed E-state index contributed by atoms with van der Waals surface area (Å²) in [5.74, 6) is -1.21. The molecule has 1 rings (SSSR count). The molecule has 0 spiro atoms. The molecule has 2 N–H and O–H groups in total. The van der Waals surface area contributed by atoms with Crippen molar-refractivity contribution in [3.8, 4) is 0 Å². The molecule has 1 amide bonds. The van der Waals surface area contributed by atoms with Crippen molar-refractivity contribution in [2.75, 3.05) is 19.7 Å². The number of carboxylic acids is 1. The van der Waals surface area contributed by atoms with Crippen molar-refractivity contribution in [2.45, 2.75) is 20.3 Å². The minimum absolute atomic E-state index is 0.0989. The molecule has 0 aliphatic heterocycles. The zero-order chi connectivity index (χ0) is 14.4. The number of aliphatic carboxylic acids is 1. The highest BCUT2D eigenvalue weighted by molar-refractivity contribution is 5.94. The summed E-state index contributed by atoms with van der Waals surface area (Å²) < 4.78 is 0. The number of carbonyl (C=O) groups is 2. The number of benzene rings is 1. The minimum atomic E-state index is -0.962. The van der Waals surface area contributed by atoms with Gasteiger partial charge in [-0.05, 0) is 37.1 Å². The molecule has 0 aliphatic rings. The molecule has 104 valence electrons. The van der Waals surface area contributed by atoms with Gasteiger partial charge < -0.3 is 15.1 Å². The SMILES string of the molecule is Cc1ccc(C(=O)N(CCO)CCC(=O)O)cc1C. The van der Waals surface area contributed by atoms with Crippen molar-refractivity contribution < 1.29 is 19.8 Å². The smallest absolute Gasteiger partial charge is 0.305 e. The number of aliphatic hydroxyl groups is 1. The predicted molar refractivity (Wildman–Crippen MR) is 71.2 cm³/mol. The van der Waals surface area contributed by atoms with Crippen LogP contribution in [0.2, 0.25) is 0 Å². The Morgan fingerprint density at radius 2 is 1.84 bits per heavy atom. The van der Waals surface area contributed by atoms with E-state index in [2.05, 4.69) is 0 Å². The van der Waals surface area contributed by atoms with Crippen LogP contribution in [0.15, 0.2) is 18.2 Å². The number of nitrogens with zero attached hydrogens (tertiary/aromatic N) is 1. The summed E-state index contributed by atoms with van der Waals surface area (Å²) in [7, 11) is 0. The fraction of sp³-hybridized carbons (Fsp3) is 0.429. The first-order valence-corrected chi connectivity index (χ1v) is 6.15. The van der Waals surface area contributed by atoms with Crippen LogP contribution >= 0.6 is 0 Å². The predicted octanol–water partition coefficient (Wildman–Crippen LogP) is 1.21. The topological polar surface area (TPSA) is 77.8 Å². The highest BCUT2D eigenvalue weighted by atomic mass is 16.4. The molecular formula is C14H19NO4. The Kier molecular flexibility index (Phi) is 5.51. The van der Waals surface area contributed by atoms with Crippen LogP contribution in [-0.4, -0.2) is 46.7 Å². The summed E-state index contributed by atoms with van der Waals surface area (Å²) in [4.78, 5) is 24.2. The standard InChI is InChI=1S/C14H19NO4/c1-10-3-4-12(9-11(10)2)14(19)15(7-8-16)6-5-13(17)18/h3-4,9,16H,5-8H2,1-2H3,(H,17,18). The lowest BCUT2D eigenvalue weighted by atomic mass is 10.1. The number of hydrogen-bond acceptors (Lipinski definition) is 3. The fourth-order valence-electron chi connectivity index (χ4n) is 1.72. The molecule has 0 aliphatic carbocycles. The van der Waals surface area contributed by atoms with Gasteiger partial charge in [0, 0.05) is 18.7 Å². The van der Waals surface area contributed by atoms with Gasteiger partial charge in [-0.1, -0.05) is 6.07 Å². The largest absolute Gasteiger partial charge is 0.481 e. The average molecular weight is 265 g/mol. The van der Waals surface area contributed by atoms with E-state index in [1.54, 1.807) is 12.1 Å². The average Bonchev–Trinajstić information content (AvgIpc) is 2.36. The summed E-state index contributed by atoms with van der Waals surface area (Å²) >= 11 is 0. The molecule has 0 aromatic heterocycles. The Hall–Kier alpha value is -1.88. The number of carbonyl (C=O) groups excluding carboxylic acids is 1. The van der Waals surface area contributed by atoms with Gasteiger partial charge in [-0.15, -0.1) is 0 Å². The normalized spacial score (nSPS) is 10.3. The second-order valence-electron chi connectivity index (χ2n) is 4.46. The fourth-order valence-corrected chi connectivity index (χ4v) is 1.72. The second-order valence-corrected chi connectivity index (χ2v) is 4.46. The van der Waals surface area contributed by atoms with Gasteiger partial charge in [0.2, 0.25) is 0 Å². The highest BCUT2D eigenvalue weighted by Crippen LogP contribution is 2.12. The van der Waals surface area contributed by atoms with Gasteiger partial charge in [-0.25, -0.2) is 0 Å². The van der Waals surface area contributed by atoms with Crippen molar-refractivity contribution in [3.63, 3.8) is 0 Å². The number of aryl methyl sites for hydroxylation is 2. The third kappa shape index (κ3) is 4.37. The number of aliphatic hydroxyl groups excluding tert-OH is 1. The van der Waals surface area contributed by atoms with E-state index in [-0.39, 0.29) is 32.0 Å². The minimum Gasteiger partial charge on any atom is -0.481 e. The second kappa shape index (κ2) is 6.89. The molecule has 0 saturated carbocycles. The van der Waals surface area contributed by atoms with E-state index in [0.29, 0.717) is 5.56 Å². The third-order valence-electron chi connectivity index (χ3n) is 3.01. The summed E-state index contributed by atoms with van der Waals surface area (Å²) in [5, 5.41) is 17.6. The molecule has 1 aromatic carbocycles. The summed E-state index contributed by atoms with van der Waals surface area (Å²) in [5.41, 5.74) is 2.62. The van der Waals surface area contributed by atoms with Gasteiger partial charge in [-0.2, -0.15) is 0 Å². The van der Waals surface area contributed by atoms with E-state index < -0.39 is 5.97 Å². The Morgan fingerprint density at radius 3 is 2.37 bits per heavy atom. The van der Waals surface area contributed by atoms with Crippen LogP contribution < -0.4 is 0 Å². The molecule has 0 atom stereocenters. The summed E-state index contributed by atoms with van der Waals surface area (Å²) in [6, 6.07) is 5.36. The monoisotopic (exact) mass is 265 g/mol. The van der Waals surface area contributed by atoms with E-state index in [0.717, 1.165) is 11.1 Å². The number of carboxylic acid groups (broad SMARTS) is 1.